The number of aromatic nitrogens is 3. The number of fused-ring (bicyclic) bond motifs is 4. The molecule has 0 saturated carbocycles. The highest BCUT2D eigenvalue weighted by molar-refractivity contribution is 5.76. The maximum atomic E-state index is 12.8. The fourth-order valence-corrected chi connectivity index (χ4v) is 3.89. The summed E-state index contributed by atoms with van der Waals surface area (Å²) in [5.74, 6) is 2.14. The number of urea groups is 1. The molecular formula is C19H25N5O2. The first-order valence-corrected chi connectivity index (χ1v) is 9.16. The zero-order valence-electron chi connectivity index (χ0n) is 15.7. The van der Waals surface area contributed by atoms with Gasteiger partial charge in [-0.05, 0) is 12.8 Å². The van der Waals surface area contributed by atoms with Gasteiger partial charge in [0.2, 0.25) is 0 Å². The molecule has 26 heavy (non-hydrogen) atoms. The Bertz CT molecular complexity index is 839. The maximum absolute atomic E-state index is 12.8. The van der Waals surface area contributed by atoms with Crippen LogP contribution < -0.4 is 5.32 Å². The lowest BCUT2D eigenvalue weighted by Gasteiger charge is -2.36. The topological polar surface area (TPSA) is 84.2 Å². The zero-order valence-corrected chi connectivity index (χ0v) is 15.7. The summed E-state index contributed by atoms with van der Waals surface area (Å²) in [5, 5.41) is 2.96. The van der Waals surface area contributed by atoms with Crippen LogP contribution >= 0.6 is 0 Å². The second-order valence-electron chi connectivity index (χ2n) is 8.21. The number of rotatable bonds is 2. The van der Waals surface area contributed by atoms with Crippen LogP contribution in [0.1, 0.15) is 68.4 Å². The summed E-state index contributed by atoms with van der Waals surface area (Å²) in [7, 11) is 0. The Morgan fingerprint density at radius 3 is 2.81 bits per heavy atom. The van der Waals surface area contributed by atoms with E-state index in [9.17, 15) is 4.79 Å². The van der Waals surface area contributed by atoms with Crippen LogP contribution in [0.3, 0.4) is 0 Å². The predicted octanol–water partition coefficient (Wildman–Crippen LogP) is 3.04. The minimum atomic E-state index is -0.0716. The molecule has 2 aromatic heterocycles. The Morgan fingerprint density at radius 1 is 1.31 bits per heavy atom. The van der Waals surface area contributed by atoms with Crippen LogP contribution in [0, 0.1) is 6.92 Å². The molecule has 0 aliphatic carbocycles. The number of carbonyl (C=O) groups excluding carboxylic acids is 1. The number of oxazole rings is 1. The predicted molar refractivity (Wildman–Crippen MR) is 95.5 cm³/mol. The van der Waals surface area contributed by atoms with Crippen molar-refractivity contribution >= 4 is 6.03 Å². The van der Waals surface area contributed by atoms with Gasteiger partial charge in [0.15, 0.2) is 5.89 Å². The molecular weight excluding hydrogens is 330 g/mol. The highest BCUT2D eigenvalue weighted by atomic mass is 16.4. The van der Waals surface area contributed by atoms with Crippen molar-refractivity contribution in [1.29, 1.82) is 0 Å². The first-order valence-electron chi connectivity index (χ1n) is 9.16. The Kier molecular flexibility index (Phi) is 3.97. The molecule has 0 radical (unpaired) electrons. The monoisotopic (exact) mass is 355 g/mol. The summed E-state index contributed by atoms with van der Waals surface area (Å²) in [6.45, 7) is 8.51. The standard InChI is InChI=1S/C19H25N5O2/c1-11-20-8-13(26-11)9-22-18(25)24-12-5-6-16(24)14-10-21-17(19(2,3)4)23-15(14)7-12/h8,10,12,16H,5-7,9H2,1-4H3,(H,22,25). The van der Waals surface area contributed by atoms with Crippen LogP contribution in [-0.4, -0.2) is 31.9 Å². The van der Waals surface area contributed by atoms with Gasteiger partial charge < -0.3 is 14.6 Å². The third-order valence-corrected chi connectivity index (χ3v) is 5.18. The number of amides is 2. The molecule has 2 amide bonds. The first-order chi connectivity index (χ1) is 12.3. The van der Waals surface area contributed by atoms with Crippen molar-refractivity contribution in [2.24, 2.45) is 0 Å². The second-order valence-corrected chi connectivity index (χ2v) is 8.21. The van der Waals surface area contributed by atoms with E-state index >= 15 is 0 Å². The van der Waals surface area contributed by atoms with Gasteiger partial charge in [-0.2, -0.15) is 0 Å². The van der Waals surface area contributed by atoms with Crippen molar-refractivity contribution in [3.05, 3.63) is 41.1 Å². The third kappa shape index (κ3) is 2.95. The van der Waals surface area contributed by atoms with Gasteiger partial charge in [0.25, 0.3) is 0 Å². The summed E-state index contributed by atoms with van der Waals surface area (Å²) < 4.78 is 5.43. The van der Waals surface area contributed by atoms with Crippen LogP contribution in [0.5, 0.6) is 0 Å². The largest absolute Gasteiger partial charge is 0.444 e. The molecule has 7 nitrogen and oxygen atoms in total. The summed E-state index contributed by atoms with van der Waals surface area (Å²) in [5.41, 5.74) is 2.13. The van der Waals surface area contributed by atoms with Crippen LogP contribution in [0.2, 0.25) is 0 Å². The molecule has 2 unspecified atom stereocenters. The molecule has 4 rings (SSSR count). The lowest BCUT2D eigenvalue weighted by Crippen LogP contribution is -2.47. The number of carbonyl (C=O) groups is 1. The van der Waals surface area contributed by atoms with Crippen LogP contribution in [-0.2, 0) is 18.4 Å². The van der Waals surface area contributed by atoms with Gasteiger partial charge in [0.1, 0.15) is 11.6 Å². The molecule has 1 fully saturated rings. The summed E-state index contributed by atoms with van der Waals surface area (Å²) >= 11 is 0. The van der Waals surface area contributed by atoms with Crippen LogP contribution in [0.15, 0.2) is 16.8 Å². The Morgan fingerprint density at radius 2 is 2.12 bits per heavy atom. The normalized spacial score (nSPS) is 21.6. The maximum Gasteiger partial charge on any atom is 0.318 e. The third-order valence-electron chi connectivity index (χ3n) is 5.18. The van der Waals surface area contributed by atoms with E-state index in [1.807, 2.05) is 11.1 Å². The van der Waals surface area contributed by atoms with E-state index in [2.05, 4.69) is 36.1 Å². The highest BCUT2D eigenvalue weighted by Crippen LogP contribution is 2.43. The summed E-state index contributed by atoms with van der Waals surface area (Å²) in [4.78, 5) is 28.2. The van der Waals surface area contributed by atoms with Gasteiger partial charge in [-0.1, -0.05) is 20.8 Å². The molecule has 138 valence electrons. The van der Waals surface area contributed by atoms with E-state index in [1.54, 1.807) is 13.1 Å². The highest BCUT2D eigenvalue weighted by Gasteiger charge is 2.43. The van der Waals surface area contributed by atoms with Crippen LogP contribution in [0.4, 0.5) is 4.79 Å². The molecule has 0 spiro atoms. The van der Waals surface area contributed by atoms with E-state index in [4.69, 9.17) is 9.40 Å². The summed E-state index contributed by atoms with van der Waals surface area (Å²) in [6, 6.07) is 0.206. The molecule has 4 heterocycles. The SMILES string of the molecule is Cc1ncc(CNC(=O)N2C3CCC2c2cnc(C(C)(C)C)nc2C3)o1. The van der Waals surface area contributed by atoms with Gasteiger partial charge in [-0.3, -0.25) is 0 Å². The Labute approximate surface area is 153 Å². The molecule has 2 aliphatic heterocycles. The molecule has 2 aromatic rings. The quantitative estimate of drug-likeness (QED) is 0.895. The van der Waals surface area contributed by atoms with Gasteiger partial charge in [-0.25, -0.2) is 19.7 Å². The van der Waals surface area contributed by atoms with Crippen molar-refractivity contribution in [3.8, 4) is 0 Å². The Hall–Kier alpha value is -2.44. The molecule has 2 bridgehead atoms. The number of aryl methyl sites for hydroxylation is 1. The molecule has 7 heteroatoms. The lowest BCUT2D eigenvalue weighted by atomic mass is 9.93. The zero-order chi connectivity index (χ0) is 18.5. The summed E-state index contributed by atoms with van der Waals surface area (Å²) in [6.07, 6.45) is 6.34. The Balaban J connectivity index is 1.52. The van der Waals surface area contributed by atoms with Gasteiger partial charge in [-0.15, -0.1) is 0 Å². The number of nitrogens with zero attached hydrogens (tertiary/aromatic N) is 4. The first kappa shape index (κ1) is 17.0. The molecule has 2 aliphatic rings. The van der Waals surface area contributed by atoms with Crippen molar-refractivity contribution < 1.29 is 9.21 Å². The lowest BCUT2D eigenvalue weighted by molar-refractivity contribution is 0.163. The molecule has 1 saturated heterocycles. The van der Waals surface area contributed by atoms with Crippen molar-refractivity contribution in [3.63, 3.8) is 0 Å². The minimum Gasteiger partial charge on any atom is -0.444 e. The van der Waals surface area contributed by atoms with E-state index in [0.29, 0.717) is 18.2 Å². The average Bonchev–Trinajstić information content (AvgIpc) is 3.14. The van der Waals surface area contributed by atoms with Crippen molar-refractivity contribution in [2.45, 2.75) is 71.0 Å². The fourth-order valence-electron chi connectivity index (χ4n) is 3.89. The van der Waals surface area contributed by atoms with Gasteiger partial charge in [0, 0.05) is 36.6 Å². The van der Waals surface area contributed by atoms with Crippen molar-refractivity contribution in [1.82, 2.24) is 25.2 Å². The molecule has 1 N–H and O–H groups in total. The van der Waals surface area contributed by atoms with Gasteiger partial charge >= 0.3 is 6.03 Å². The van der Waals surface area contributed by atoms with E-state index in [1.165, 1.54) is 0 Å². The minimum absolute atomic E-state index is 0.0582. The number of hydrogen-bond donors (Lipinski definition) is 1. The fraction of sp³-hybridized carbons (Fsp3) is 0.579. The van der Waals surface area contributed by atoms with Crippen LogP contribution in [0.25, 0.3) is 0 Å². The van der Waals surface area contributed by atoms with E-state index in [-0.39, 0.29) is 23.5 Å². The second kappa shape index (κ2) is 6.07. The van der Waals surface area contributed by atoms with Gasteiger partial charge in [0.05, 0.1) is 24.5 Å². The number of nitrogens with one attached hydrogen (secondary N) is 1. The molecule has 2 atom stereocenters. The van der Waals surface area contributed by atoms with E-state index in [0.717, 1.165) is 36.3 Å². The number of hydrogen-bond acceptors (Lipinski definition) is 5. The smallest absolute Gasteiger partial charge is 0.318 e. The van der Waals surface area contributed by atoms with Crippen molar-refractivity contribution in [2.75, 3.05) is 0 Å². The average molecular weight is 355 g/mol. The molecule has 0 aromatic carbocycles. The van der Waals surface area contributed by atoms with E-state index < -0.39 is 0 Å².